The fourth-order valence-corrected chi connectivity index (χ4v) is 4.84. The number of halogens is 1. The van der Waals surface area contributed by atoms with Crippen LogP contribution in [0.25, 0.3) is 10.2 Å². The fraction of sp³-hybridized carbons (Fsp3) is 0.0800. The lowest BCUT2D eigenvalue weighted by molar-refractivity contribution is -0.117. The van der Waals surface area contributed by atoms with E-state index < -0.39 is 29.3 Å². The zero-order valence-corrected chi connectivity index (χ0v) is 17.8. The van der Waals surface area contributed by atoms with Crippen molar-refractivity contribution in [3.8, 4) is 0 Å². The predicted octanol–water partition coefficient (Wildman–Crippen LogP) is 5.53. The van der Waals surface area contributed by atoms with E-state index in [0.29, 0.717) is 21.8 Å². The number of aryl methyl sites for hydroxylation is 1. The molecule has 0 radical (unpaired) electrons. The molecule has 0 aliphatic carbocycles. The molecule has 1 N–H and O–H groups in total. The lowest BCUT2D eigenvalue weighted by Crippen LogP contribution is -2.31. The molecule has 2 heterocycles. The van der Waals surface area contributed by atoms with E-state index in [1.54, 1.807) is 30.3 Å². The van der Waals surface area contributed by atoms with E-state index in [4.69, 9.17) is 0 Å². The van der Waals surface area contributed by atoms with E-state index in [-0.39, 0.29) is 5.57 Å². The number of hydrogen-bond donors (Lipinski definition) is 1. The number of amides is 1. The first-order valence-electron chi connectivity index (χ1n) is 9.93. The van der Waals surface area contributed by atoms with Crippen LogP contribution in [0.3, 0.4) is 0 Å². The molecule has 7 heteroatoms. The highest BCUT2D eigenvalue weighted by Gasteiger charge is 2.46. The number of thiazole rings is 1. The van der Waals surface area contributed by atoms with Gasteiger partial charge in [0.15, 0.2) is 16.7 Å². The molecule has 0 fully saturated rings. The first-order chi connectivity index (χ1) is 15.4. The summed E-state index contributed by atoms with van der Waals surface area (Å²) in [5.41, 5.74) is 2.27. The Kier molecular flexibility index (Phi) is 4.83. The van der Waals surface area contributed by atoms with Crippen LogP contribution in [0.15, 0.2) is 84.1 Å². The maximum atomic E-state index is 14.1. The van der Waals surface area contributed by atoms with Crippen molar-refractivity contribution in [3.63, 3.8) is 0 Å². The Morgan fingerprint density at radius 2 is 1.81 bits per heavy atom. The maximum absolute atomic E-state index is 14.1. The summed E-state index contributed by atoms with van der Waals surface area (Å²) >= 11 is 1.27. The highest BCUT2D eigenvalue weighted by atomic mass is 32.1. The molecule has 32 heavy (non-hydrogen) atoms. The zero-order chi connectivity index (χ0) is 22.4. The van der Waals surface area contributed by atoms with Gasteiger partial charge in [-0.3, -0.25) is 14.5 Å². The van der Waals surface area contributed by atoms with Crippen LogP contribution in [0.4, 0.5) is 9.52 Å². The van der Waals surface area contributed by atoms with Gasteiger partial charge in [-0.15, -0.1) is 0 Å². The van der Waals surface area contributed by atoms with Gasteiger partial charge in [0.05, 0.1) is 21.8 Å². The molecule has 1 atom stereocenters. The molecular weight excluding hydrogens is 427 g/mol. The van der Waals surface area contributed by atoms with Crippen LogP contribution in [0, 0.1) is 12.7 Å². The van der Waals surface area contributed by atoms with E-state index >= 15 is 0 Å². The third-order valence-corrected chi connectivity index (χ3v) is 6.46. The molecular formula is C25H17FN2O3S. The topological polar surface area (TPSA) is 70.5 Å². The van der Waals surface area contributed by atoms with Crippen molar-refractivity contribution in [1.82, 2.24) is 4.98 Å². The van der Waals surface area contributed by atoms with Crippen molar-refractivity contribution in [3.05, 3.63) is 107 Å². The molecule has 1 aliphatic rings. The normalized spacial score (nSPS) is 16.2. The molecule has 0 bridgehead atoms. The smallest absolute Gasteiger partial charge is 0.296 e. The van der Waals surface area contributed by atoms with Gasteiger partial charge in [0.1, 0.15) is 5.82 Å². The maximum Gasteiger partial charge on any atom is 0.296 e. The highest BCUT2D eigenvalue weighted by molar-refractivity contribution is 7.22. The molecule has 1 unspecified atom stereocenters. The first-order valence-corrected chi connectivity index (χ1v) is 10.7. The number of anilines is 1. The Labute approximate surface area is 187 Å². The number of nitrogens with zero attached hydrogens (tertiary/aromatic N) is 2. The Morgan fingerprint density at radius 1 is 1.06 bits per heavy atom. The van der Waals surface area contributed by atoms with Gasteiger partial charge in [0.2, 0.25) is 0 Å². The SMILES string of the molecule is Cc1ccc(C(=O)C2=C(O)C(=O)N(c3nc4ccccc4s3)C2c2cccc(F)c2)cc1. The van der Waals surface area contributed by atoms with Crippen LogP contribution in [0.2, 0.25) is 0 Å². The molecule has 0 spiro atoms. The van der Waals surface area contributed by atoms with Crippen molar-refractivity contribution in [2.45, 2.75) is 13.0 Å². The molecule has 1 aliphatic heterocycles. The van der Waals surface area contributed by atoms with Crippen LogP contribution >= 0.6 is 11.3 Å². The predicted molar refractivity (Wildman–Crippen MR) is 121 cm³/mol. The largest absolute Gasteiger partial charge is 0.503 e. The monoisotopic (exact) mass is 444 g/mol. The van der Waals surface area contributed by atoms with Gasteiger partial charge in [-0.25, -0.2) is 9.37 Å². The summed E-state index contributed by atoms with van der Waals surface area (Å²) in [5.74, 6) is -2.39. The Hall–Kier alpha value is -3.84. The number of benzene rings is 3. The molecule has 4 aromatic rings. The van der Waals surface area contributed by atoms with Crippen molar-refractivity contribution in [2.75, 3.05) is 4.90 Å². The van der Waals surface area contributed by atoms with Gasteiger partial charge in [-0.2, -0.15) is 0 Å². The number of carbonyl (C=O) groups excluding carboxylic acids is 2. The van der Waals surface area contributed by atoms with E-state index in [1.807, 2.05) is 31.2 Å². The zero-order valence-electron chi connectivity index (χ0n) is 16.9. The number of fused-ring (bicyclic) bond motifs is 1. The highest BCUT2D eigenvalue weighted by Crippen LogP contribution is 2.44. The molecule has 0 saturated carbocycles. The average Bonchev–Trinajstić information content (AvgIpc) is 3.32. The van der Waals surface area contributed by atoms with Gasteiger partial charge < -0.3 is 5.11 Å². The molecule has 0 saturated heterocycles. The molecule has 1 aromatic heterocycles. The van der Waals surface area contributed by atoms with E-state index in [9.17, 15) is 19.1 Å². The van der Waals surface area contributed by atoms with Gasteiger partial charge in [-0.1, -0.05) is 65.4 Å². The molecule has 1 amide bonds. The molecule has 5 nitrogen and oxygen atoms in total. The van der Waals surface area contributed by atoms with Crippen molar-refractivity contribution < 1.29 is 19.1 Å². The van der Waals surface area contributed by atoms with Gasteiger partial charge in [-0.05, 0) is 36.8 Å². The lowest BCUT2D eigenvalue weighted by Gasteiger charge is -2.24. The quantitative estimate of drug-likeness (QED) is 0.421. The van der Waals surface area contributed by atoms with Crippen molar-refractivity contribution >= 4 is 38.4 Å². The van der Waals surface area contributed by atoms with Crippen LogP contribution in [0.5, 0.6) is 0 Å². The van der Waals surface area contributed by atoms with E-state index in [0.717, 1.165) is 10.3 Å². The van der Waals surface area contributed by atoms with Gasteiger partial charge >= 0.3 is 0 Å². The minimum atomic E-state index is -1.01. The second-order valence-corrected chi connectivity index (χ2v) is 8.56. The average molecular weight is 444 g/mol. The summed E-state index contributed by atoms with van der Waals surface area (Å²) in [7, 11) is 0. The summed E-state index contributed by atoms with van der Waals surface area (Å²) in [6.07, 6.45) is 0. The Bertz CT molecular complexity index is 1380. The number of hydrogen-bond acceptors (Lipinski definition) is 5. The Morgan fingerprint density at radius 3 is 2.53 bits per heavy atom. The van der Waals surface area contributed by atoms with Crippen molar-refractivity contribution in [1.29, 1.82) is 0 Å². The number of aliphatic hydroxyl groups is 1. The summed E-state index contributed by atoms with van der Waals surface area (Å²) in [6.45, 7) is 1.90. The van der Waals surface area contributed by atoms with Gasteiger partial charge in [0, 0.05) is 5.56 Å². The van der Waals surface area contributed by atoms with Crippen LogP contribution < -0.4 is 4.90 Å². The third-order valence-electron chi connectivity index (χ3n) is 5.42. The van der Waals surface area contributed by atoms with Gasteiger partial charge in [0.25, 0.3) is 5.91 Å². The van der Waals surface area contributed by atoms with E-state index in [1.165, 1.54) is 34.4 Å². The lowest BCUT2D eigenvalue weighted by atomic mass is 9.92. The number of aliphatic hydroxyl groups excluding tert-OH is 1. The molecule has 158 valence electrons. The number of Topliss-reactive ketones (excluding diaryl/α,β-unsaturated/α-hetero) is 1. The summed E-state index contributed by atoms with van der Waals surface area (Å²) in [5, 5.41) is 11.1. The summed E-state index contributed by atoms with van der Waals surface area (Å²) < 4.78 is 15.0. The first kappa shape index (κ1) is 20.1. The van der Waals surface area contributed by atoms with Crippen LogP contribution in [-0.2, 0) is 4.79 Å². The van der Waals surface area contributed by atoms with Crippen molar-refractivity contribution in [2.24, 2.45) is 0 Å². The number of para-hydroxylation sites is 1. The summed E-state index contributed by atoms with van der Waals surface area (Å²) in [6, 6.07) is 18.9. The van der Waals surface area contributed by atoms with E-state index in [2.05, 4.69) is 4.98 Å². The molecule has 3 aromatic carbocycles. The molecule has 5 rings (SSSR count). The number of carbonyl (C=O) groups is 2. The number of ketones is 1. The van der Waals surface area contributed by atoms with Crippen LogP contribution in [0.1, 0.15) is 27.5 Å². The fourth-order valence-electron chi connectivity index (χ4n) is 3.85. The second-order valence-electron chi connectivity index (χ2n) is 7.55. The minimum Gasteiger partial charge on any atom is -0.503 e. The second kappa shape index (κ2) is 7.69. The van der Waals surface area contributed by atoms with Crippen LogP contribution in [-0.4, -0.2) is 21.8 Å². The Balaban J connectivity index is 1.68. The number of rotatable bonds is 4. The third kappa shape index (κ3) is 3.27. The minimum absolute atomic E-state index is 0.0938. The summed E-state index contributed by atoms with van der Waals surface area (Å²) in [4.78, 5) is 32.4. The number of aromatic nitrogens is 1. The standard InChI is InChI=1S/C25H17FN2O3S/c1-14-9-11-15(12-10-14)22(29)20-21(16-5-4-6-17(26)13-16)28(24(31)23(20)30)25-27-18-7-2-3-8-19(18)32-25/h2-13,21,30H,1H3.